The van der Waals surface area contributed by atoms with E-state index in [0.29, 0.717) is 11.1 Å². The monoisotopic (exact) mass is 412 g/mol. The molecule has 0 fully saturated rings. The van der Waals surface area contributed by atoms with Gasteiger partial charge in [0.2, 0.25) is 0 Å². The number of rotatable bonds is 6. The molecule has 31 heavy (non-hydrogen) atoms. The Balaban J connectivity index is 1.53. The third-order valence-electron chi connectivity index (χ3n) is 5.08. The first-order chi connectivity index (χ1) is 15.0. The number of ether oxygens (including phenoxy) is 2. The Kier molecular flexibility index (Phi) is 5.76. The van der Waals surface area contributed by atoms with Crippen molar-refractivity contribution in [2.45, 2.75) is 13.5 Å². The fourth-order valence-electron chi connectivity index (χ4n) is 3.53. The van der Waals surface area contributed by atoms with Crippen molar-refractivity contribution < 1.29 is 23.9 Å². The molecular formula is C26H20O5. The molecule has 4 aromatic rings. The van der Waals surface area contributed by atoms with Gasteiger partial charge < -0.3 is 9.47 Å². The van der Waals surface area contributed by atoms with Crippen LogP contribution in [0.3, 0.4) is 0 Å². The van der Waals surface area contributed by atoms with Gasteiger partial charge in [-0.15, -0.1) is 0 Å². The molecule has 0 aliphatic carbocycles. The van der Waals surface area contributed by atoms with Crippen LogP contribution < -0.4 is 0 Å². The van der Waals surface area contributed by atoms with Gasteiger partial charge in [-0.1, -0.05) is 60.7 Å². The van der Waals surface area contributed by atoms with Gasteiger partial charge in [0.05, 0.1) is 5.56 Å². The Morgan fingerprint density at radius 2 is 1.26 bits per heavy atom. The average Bonchev–Trinajstić information content (AvgIpc) is 2.80. The lowest BCUT2D eigenvalue weighted by Crippen LogP contribution is -2.12. The topological polar surface area (TPSA) is 69.7 Å². The highest BCUT2D eigenvalue weighted by Crippen LogP contribution is 2.29. The van der Waals surface area contributed by atoms with Crippen molar-refractivity contribution in [1.29, 1.82) is 0 Å². The minimum Gasteiger partial charge on any atom is -0.457 e. The number of Topliss-reactive ketones (excluding diaryl/α,β-unsaturated/α-hetero) is 1. The summed E-state index contributed by atoms with van der Waals surface area (Å²) in [5.74, 6) is -1.33. The van der Waals surface area contributed by atoms with E-state index in [-0.39, 0.29) is 19.0 Å². The van der Waals surface area contributed by atoms with Crippen LogP contribution in [-0.2, 0) is 20.9 Å². The second-order valence-electron chi connectivity index (χ2n) is 7.15. The predicted molar refractivity (Wildman–Crippen MR) is 118 cm³/mol. The Bertz CT molecular complexity index is 1230. The molecule has 4 rings (SSSR count). The number of hydrogen-bond donors (Lipinski definition) is 0. The number of fused-ring (bicyclic) bond motifs is 2. The Morgan fingerprint density at radius 3 is 1.84 bits per heavy atom. The standard InChI is InChI=1S/C26H20O5/c1-17(27)30-16-25(28)18-10-12-19(13-11-18)26(29)31-15-24-22-8-4-2-6-20(22)14-21-7-3-5-9-23(21)24/h2-14H,15-16H2,1H3. The van der Waals surface area contributed by atoms with E-state index >= 15 is 0 Å². The lowest BCUT2D eigenvalue weighted by Gasteiger charge is -2.12. The zero-order chi connectivity index (χ0) is 21.8. The molecule has 0 saturated carbocycles. The molecule has 0 spiro atoms. The van der Waals surface area contributed by atoms with Crippen LogP contribution in [-0.4, -0.2) is 24.3 Å². The van der Waals surface area contributed by atoms with Crippen LogP contribution in [0, 0.1) is 0 Å². The van der Waals surface area contributed by atoms with Gasteiger partial charge in [0.15, 0.2) is 12.4 Å². The number of carbonyl (C=O) groups is 3. The van der Waals surface area contributed by atoms with Crippen molar-refractivity contribution in [3.05, 3.63) is 95.6 Å². The molecule has 0 saturated heterocycles. The van der Waals surface area contributed by atoms with Crippen molar-refractivity contribution in [3.63, 3.8) is 0 Å². The van der Waals surface area contributed by atoms with E-state index in [1.165, 1.54) is 31.2 Å². The van der Waals surface area contributed by atoms with Gasteiger partial charge in [0, 0.05) is 18.1 Å². The van der Waals surface area contributed by atoms with Crippen LogP contribution in [0.4, 0.5) is 0 Å². The van der Waals surface area contributed by atoms with E-state index in [2.05, 4.69) is 6.07 Å². The van der Waals surface area contributed by atoms with Crippen molar-refractivity contribution in [2.24, 2.45) is 0 Å². The maximum atomic E-state index is 12.6. The van der Waals surface area contributed by atoms with Gasteiger partial charge in [0.1, 0.15) is 6.61 Å². The van der Waals surface area contributed by atoms with Crippen LogP contribution in [0.25, 0.3) is 21.5 Å². The zero-order valence-electron chi connectivity index (χ0n) is 17.0. The third kappa shape index (κ3) is 4.46. The molecule has 0 aliphatic heterocycles. The second kappa shape index (κ2) is 8.79. The fourth-order valence-corrected chi connectivity index (χ4v) is 3.53. The molecule has 0 atom stereocenters. The summed E-state index contributed by atoms with van der Waals surface area (Å²) in [4.78, 5) is 35.4. The van der Waals surface area contributed by atoms with Crippen LogP contribution in [0.5, 0.6) is 0 Å². The maximum absolute atomic E-state index is 12.6. The molecule has 0 amide bonds. The van der Waals surface area contributed by atoms with E-state index in [4.69, 9.17) is 9.47 Å². The number of hydrogen-bond acceptors (Lipinski definition) is 5. The molecule has 5 nitrogen and oxygen atoms in total. The van der Waals surface area contributed by atoms with Gasteiger partial charge in [-0.2, -0.15) is 0 Å². The summed E-state index contributed by atoms with van der Waals surface area (Å²) < 4.78 is 10.3. The van der Waals surface area contributed by atoms with Crippen molar-refractivity contribution in [3.8, 4) is 0 Å². The summed E-state index contributed by atoms with van der Waals surface area (Å²) in [5.41, 5.74) is 1.65. The number of carbonyl (C=O) groups excluding carboxylic acids is 3. The van der Waals surface area contributed by atoms with E-state index in [1.807, 2.05) is 48.5 Å². The molecule has 4 aromatic carbocycles. The molecule has 0 bridgehead atoms. The quantitative estimate of drug-likeness (QED) is 0.250. The first-order valence-corrected chi connectivity index (χ1v) is 9.86. The molecule has 0 aromatic heterocycles. The normalized spacial score (nSPS) is 10.7. The number of esters is 2. The first-order valence-electron chi connectivity index (χ1n) is 9.86. The Hall–Kier alpha value is -3.99. The van der Waals surface area contributed by atoms with E-state index < -0.39 is 11.9 Å². The Morgan fingerprint density at radius 1 is 0.710 bits per heavy atom. The Labute approximate surface area is 179 Å². The van der Waals surface area contributed by atoms with Crippen molar-refractivity contribution in [1.82, 2.24) is 0 Å². The summed E-state index contributed by atoms with van der Waals surface area (Å²) in [6.45, 7) is 1.05. The van der Waals surface area contributed by atoms with E-state index in [1.54, 1.807) is 0 Å². The smallest absolute Gasteiger partial charge is 0.338 e. The molecule has 0 heterocycles. The van der Waals surface area contributed by atoms with Crippen molar-refractivity contribution >= 4 is 39.3 Å². The second-order valence-corrected chi connectivity index (χ2v) is 7.15. The molecule has 0 unspecified atom stereocenters. The molecule has 0 N–H and O–H groups in total. The highest BCUT2D eigenvalue weighted by atomic mass is 16.5. The van der Waals surface area contributed by atoms with Crippen LogP contribution in [0.15, 0.2) is 78.9 Å². The SMILES string of the molecule is CC(=O)OCC(=O)c1ccc(C(=O)OCc2c3ccccc3cc3ccccc23)cc1. The lowest BCUT2D eigenvalue weighted by molar-refractivity contribution is -0.139. The van der Waals surface area contributed by atoms with E-state index in [9.17, 15) is 14.4 Å². The lowest BCUT2D eigenvalue weighted by atomic mass is 9.97. The third-order valence-corrected chi connectivity index (χ3v) is 5.08. The summed E-state index contributed by atoms with van der Waals surface area (Å²) in [6.07, 6.45) is 0. The summed E-state index contributed by atoms with van der Waals surface area (Å²) in [7, 11) is 0. The molecule has 0 aliphatic rings. The van der Waals surface area contributed by atoms with E-state index in [0.717, 1.165) is 27.1 Å². The number of benzene rings is 4. The van der Waals surface area contributed by atoms with Gasteiger partial charge in [-0.3, -0.25) is 9.59 Å². The average molecular weight is 412 g/mol. The highest BCUT2D eigenvalue weighted by Gasteiger charge is 2.13. The molecular weight excluding hydrogens is 392 g/mol. The van der Waals surface area contributed by atoms with Crippen LogP contribution >= 0.6 is 0 Å². The highest BCUT2D eigenvalue weighted by molar-refractivity contribution is 6.02. The van der Waals surface area contributed by atoms with Gasteiger partial charge in [0.25, 0.3) is 0 Å². The summed E-state index contributed by atoms with van der Waals surface area (Å²) in [6, 6.07) is 24.3. The van der Waals surface area contributed by atoms with Gasteiger partial charge in [-0.05, 0) is 39.7 Å². The summed E-state index contributed by atoms with van der Waals surface area (Å²) >= 11 is 0. The molecule has 154 valence electrons. The minimum absolute atomic E-state index is 0.133. The molecule has 0 radical (unpaired) electrons. The van der Waals surface area contributed by atoms with Crippen LogP contribution in [0.1, 0.15) is 33.2 Å². The van der Waals surface area contributed by atoms with Crippen LogP contribution in [0.2, 0.25) is 0 Å². The maximum Gasteiger partial charge on any atom is 0.338 e. The van der Waals surface area contributed by atoms with Crippen molar-refractivity contribution in [2.75, 3.05) is 6.61 Å². The van der Waals surface area contributed by atoms with Gasteiger partial charge in [-0.25, -0.2) is 4.79 Å². The summed E-state index contributed by atoms with van der Waals surface area (Å²) in [5, 5.41) is 4.26. The predicted octanol–water partition coefficient (Wildman–Crippen LogP) is 5.10. The minimum atomic E-state index is -0.519. The van der Waals surface area contributed by atoms with Gasteiger partial charge >= 0.3 is 11.9 Å². The fraction of sp³-hybridized carbons (Fsp3) is 0.115. The molecule has 5 heteroatoms. The zero-order valence-corrected chi connectivity index (χ0v) is 17.0. The number of ketones is 1. The first kappa shape index (κ1) is 20.3. The largest absolute Gasteiger partial charge is 0.457 e.